The van der Waals surface area contributed by atoms with E-state index in [1.54, 1.807) is 0 Å². The zero-order valence-electron chi connectivity index (χ0n) is 10.8. The average molecular weight is 219 g/mol. The number of ether oxygens (including phenoxy) is 1. The fourth-order valence-corrected chi connectivity index (χ4v) is 1.95. The maximum absolute atomic E-state index is 5.65. The zero-order valence-corrected chi connectivity index (χ0v) is 10.8. The maximum Gasteiger partial charge on any atom is 0.130 e. The Morgan fingerprint density at radius 1 is 1.12 bits per heavy atom. The van der Waals surface area contributed by atoms with E-state index >= 15 is 0 Å². The molecule has 0 heterocycles. The second-order valence-electron chi connectivity index (χ2n) is 4.10. The molecule has 0 saturated heterocycles. The molecule has 0 aliphatic heterocycles. The van der Waals surface area contributed by atoms with Crippen LogP contribution in [0.2, 0.25) is 0 Å². The fourth-order valence-electron chi connectivity index (χ4n) is 1.95. The molecular weight excluding hydrogens is 196 g/mol. The van der Waals surface area contributed by atoms with E-state index in [0.29, 0.717) is 0 Å². The molecule has 89 valence electrons. The van der Waals surface area contributed by atoms with Crippen LogP contribution < -0.4 is 4.74 Å². The maximum atomic E-state index is 5.65. The van der Waals surface area contributed by atoms with Gasteiger partial charge in [0.15, 0.2) is 0 Å². The number of hydrogen-bond donors (Lipinski definition) is 0. The molecule has 0 spiro atoms. The van der Waals surface area contributed by atoms with Crippen molar-refractivity contribution in [2.24, 2.45) is 0 Å². The summed E-state index contributed by atoms with van der Waals surface area (Å²) in [7, 11) is 0. The Balaban J connectivity index is 2.90. The first-order valence-electron chi connectivity index (χ1n) is 6.48. The molecule has 0 amide bonds. The minimum atomic E-state index is 0.727. The predicted molar refractivity (Wildman–Crippen MR) is 69.1 cm³/mol. The van der Waals surface area contributed by atoms with Gasteiger partial charge in [0.2, 0.25) is 0 Å². The molecule has 1 heteroatoms. The van der Waals surface area contributed by atoms with Gasteiger partial charge in [0.1, 0.15) is 5.75 Å². The van der Waals surface area contributed by atoms with Crippen molar-refractivity contribution in [2.75, 3.05) is 6.61 Å². The lowest BCUT2D eigenvalue weighted by atomic mass is 9.98. The SMILES string of the molecule is CCCCc1cc[c]c(OCC)c1CCC. The molecule has 1 rings (SSSR count). The van der Waals surface area contributed by atoms with Crippen LogP contribution in [-0.4, -0.2) is 6.61 Å². The largest absolute Gasteiger partial charge is 0.493 e. The van der Waals surface area contributed by atoms with E-state index in [1.807, 2.05) is 13.0 Å². The van der Waals surface area contributed by atoms with Crippen molar-refractivity contribution in [2.45, 2.75) is 52.9 Å². The van der Waals surface area contributed by atoms with Crippen molar-refractivity contribution in [3.63, 3.8) is 0 Å². The van der Waals surface area contributed by atoms with Crippen LogP contribution in [0.25, 0.3) is 0 Å². The van der Waals surface area contributed by atoms with Crippen molar-refractivity contribution in [3.8, 4) is 5.75 Å². The number of unbranched alkanes of at least 4 members (excludes halogenated alkanes) is 1. The van der Waals surface area contributed by atoms with Crippen molar-refractivity contribution in [1.29, 1.82) is 0 Å². The molecule has 1 nitrogen and oxygen atoms in total. The number of hydrogen-bond acceptors (Lipinski definition) is 1. The quantitative estimate of drug-likeness (QED) is 0.668. The fraction of sp³-hybridized carbons (Fsp3) is 0.600. The molecule has 0 N–H and O–H groups in total. The van der Waals surface area contributed by atoms with Crippen LogP contribution in [0.15, 0.2) is 12.1 Å². The van der Waals surface area contributed by atoms with E-state index in [-0.39, 0.29) is 0 Å². The van der Waals surface area contributed by atoms with Gasteiger partial charge < -0.3 is 4.74 Å². The summed E-state index contributed by atoms with van der Waals surface area (Å²) < 4.78 is 5.65. The minimum Gasteiger partial charge on any atom is -0.493 e. The number of rotatable bonds is 7. The molecule has 16 heavy (non-hydrogen) atoms. The standard InChI is InChI=1S/C15H23O/c1-4-7-10-13-11-8-12-15(16-6-3)14(13)9-5-2/h8,11H,4-7,9-10H2,1-3H3. The minimum absolute atomic E-state index is 0.727. The molecule has 1 radical (unpaired) electrons. The highest BCUT2D eigenvalue weighted by Crippen LogP contribution is 2.25. The van der Waals surface area contributed by atoms with Crippen LogP contribution in [0.4, 0.5) is 0 Å². The smallest absolute Gasteiger partial charge is 0.130 e. The van der Waals surface area contributed by atoms with Gasteiger partial charge in [-0.15, -0.1) is 0 Å². The van der Waals surface area contributed by atoms with Gasteiger partial charge in [-0.3, -0.25) is 0 Å². The van der Waals surface area contributed by atoms with E-state index in [4.69, 9.17) is 4.74 Å². The third kappa shape index (κ3) is 3.55. The molecule has 0 saturated carbocycles. The molecule has 0 aromatic heterocycles. The highest BCUT2D eigenvalue weighted by molar-refractivity contribution is 5.39. The van der Waals surface area contributed by atoms with Crippen molar-refractivity contribution in [3.05, 3.63) is 29.3 Å². The van der Waals surface area contributed by atoms with Gasteiger partial charge in [-0.05, 0) is 37.3 Å². The Labute approximate surface area is 99.8 Å². The lowest BCUT2D eigenvalue weighted by molar-refractivity contribution is 0.335. The Bertz CT molecular complexity index is 304. The van der Waals surface area contributed by atoms with Gasteiger partial charge in [0.25, 0.3) is 0 Å². The van der Waals surface area contributed by atoms with E-state index in [1.165, 1.54) is 30.4 Å². The molecule has 0 fully saturated rings. The van der Waals surface area contributed by atoms with Crippen molar-refractivity contribution >= 4 is 0 Å². The highest BCUT2D eigenvalue weighted by Gasteiger charge is 2.08. The van der Waals surface area contributed by atoms with Gasteiger partial charge in [0.05, 0.1) is 6.61 Å². The molecule has 0 aliphatic carbocycles. The summed E-state index contributed by atoms with van der Waals surface area (Å²) in [6.45, 7) is 7.21. The summed E-state index contributed by atoms with van der Waals surface area (Å²) in [5.41, 5.74) is 2.83. The van der Waals surface area contributed by atoms with Crippen LogP contribution in [-0.2, 0) is 12.8 Å². The average Bonchev–Trinajstić information content (AvgIpc) is 2.30. The monoisotopic (exact) mass is 219 g/mol. The van der Waals surface area contributed by atoms with Crippen molar-refractivity contribution < 1.29 is 4.74 Å². The summed E-state index contributed by atoms with van der Waals surface area (Å²) in [5.74, 6) is 0.970. The van der Waals surface area contributed by atoms with Crippen LogP contribution in [0.1, 0.15) is 51.2 Å². The van der Waals surface area contributed by atoms with E-state index < -0.39 is 0 Å². The molecule has 1 aromatic rings. The molecule has 0 atom stereocenters. The molecule has 0 aliphatic rings. The van der Waals surface area contributed by atoms with Crippen LogP contribution in [0, 0.1) is 6.07 Å². The van der Waals surface area contributed by atoms with Crippen LogP contribution >= 0.6 is 0 Å². The first-order chi connectivity index (χ1) is 7.83. The Morgan fingerprint density at radius 3 is 2.56 bits per heavy atom. The Hall–Kier alpha value is -0.980. The van der Waals surface area contributed by atoms with Gasteiger partial charge in [-0.25, -0.2) is 0 Å². The topological polar surface area (TPSA) is 9.23 Å². The first-order valence-corrected chi connectivity index (χ1v) is 6.48. The Kier molecular flexibility index (Phi) is 5.99. The highest BCUT2D eigenvalue weighted by atomic mass is 16.5. The lowest BCUT2D eigenvalue weighted by Gasteiger charge is -2.13. The summed E-state index contributed by atoms with van der Waals surface area (Å²) in [6, 6.07) is 7.41. The van der Waals surface area contributed by atoms with Crippen LogP contribution in [0.3, 0.4) is 0 Å². The van der Waals surface area contributed by atoms with Gasteiger partial charge >= 0.3 is 0 Å². The first kappa shape index (κ1) is 13.1. The summed E-state index contributed by atoms with van der Waals surface area (Å²) in [4.78, 5) is 0. The van der Waals surface area contributed by atoms with Crippen LogP contribution in [0.5, 0.6) is 5.75 Å². The zero-order chi connectivity index (χ0) is 11.8. The third-order valence-electron chi connectivity index (χ3n) is 2.75. The predicted octanol–water partition coefficient (Wildman–Crippen LogP) is 4.18. The Morgan fingerprint density at radius 2 is 1.94 bits per heavy atom. The third-order valence-corrected chi connectivity index (χ3v) is 2.75. The molecule has 0 unspecified atom stereocenters. The van der Waals surface area contributed by atoms with E-state index in [0.717, 1.165) is 25.2 Å². The van der Waals surface area contributed by atoms with Crippen molar-refractivity contribution in [1.82, 2.24) is 0 Å². The van der Waals surface area contributed by atoms with E-state index in [2.05, 4.69) is 26.0 Å². The summed E-state index contributed by atoms with van der Waals surface area (Å²) in [5, 5.41) is 0. The van der Waals surface area contributed by atoms with Gasteiger partial charge in [-0.1, -0.05) is 38.8 Å². The van der Waals surface area contributed by atoms with Gasteiger partial charge in [-0.2, -0.15) is 0 Å². The lowest BCUT2D eigenvalue weighted by Crippen LogP contribution is -2.01. The molecule has 1 aromatic carbocycles. The summed E-state index contributed by atoms with van der Waals surface area (Å²) >= 11 is 0. The normalized spacial score (nSPS) is 10.4. The second-order valence-corrected chi connectivity index (χ2v) is 4.10. The van der Waals surface area contributed by atoms with E-state index in [9.17, 15) is 0 Å². The molecule has 0 bridgehead atoms. The van der Waals surface area contributed by atoms with Gasteiger partial charge in [0, 0.05) is 6.07 Å². The molecular formula is C15H23O. The number of aryl methyl sites for hydroxylation is 1. The number of benzene rings is 1. The summed E-state index contributed by atoms with van der Waals surface area (Å²) in [6.07, 6.45) is 5.93. The second kappa shape index (κ2) is 7.32.